The van der Waals surface area contributed by atoms with Crippen LogP contribution in [0.5, 0.6) is 5.75 Å². The number of nitrogens with one attached hydrogen (secondary N) is 2. The first-order chi connectivity index (χ1) is 12.5. The number of rotatable bonds is 8. The maximum absolute atomic E-state index is 12.5. The van der Waals surface area contributed by atoms with Gasteiger partial charge in [-0.3, -0.25) is 14.9 Å². The number of nitro groups is 1. The Balaban J connectivity index is 2.25. The van der Waals surface area contributed by atoms with Crippen molar-refractivity contribution < 1.29 is 19.2 Å². The number of carbonyl (C=O) groups is 1. The summed E-state index contributed by atoms with van der Waals surface area (Å²) in [5.41, 5.74) is 1.78. The molecule has 2 N–H and O–H groups in total. The van der Waals surface area contributed by atoms with E-state index in [0.29, 0.717) is 30.3 Å². The lowest BCUT2D eigenvalue weighted by Crippen LogP contribution is -2.14. The molecule has 0 fully saturated rings. The Morgan fingerprint density at radius 3 is 2.58 bits per heavy atom. The van der Waals surface area contributed by atoms with Crippen molar-refractivity contribution in [1.29, 1.82) is 0 Å². The number of benzene rings is 2. The molecule has 0 aliphatic heterocycles. The quantitative estimate of drug-likeness (QED) is 0.426. The first-order valence-electron chi connectivity index (χ1n) is 7.93. The zero-order valence-corrected chi connectivity index (χ0v) is 14.9. The van der Waals surface area contributed by atoms with E-state index in [1.165, 1.54) is 25.3 Å². The average Bonchev–Trinajstić information content (AvgIpc) is 2.62. The van der Waals surface area contributed by atoms with Crippen LogP contribution >= 0.6 is 0 Å². The highest BCUT2D eigenvalue weighted by Gasteiger charge is 2.18. The molecule has 0 radical (unpaired) electrons. The minimum Gasteiger partial charge on any atom is -0.495 e. The fourth-order valence-electron chi connectivity index (χ4n) is 2.38. The molecule has 0 aliphatic carbocycles. The van der Waals surface area contributed by atoms with Crippen LogP contribution in [0.2, 0.25) is 0 Å². The zero-order valence-electron chi connectivity index (χ0n) is 14.9. The largest absolute Gasteiger partial charge is 0.495 e. The van der Waals surface area contributed by atoms with Gasteiger partial charge in [-0.25, -0.2) is 0 Å². The number of amides is 1. The Labute approximate surface area is 151 Å². The van der Waals surface area contributed by atoms with E-state index in [9.17, 15) is 14.9 Å². The first kappa shape index (κ1) is 19.2. The summed E-state index contributed by atoms with van der Waals surface area (Å²) in [4.78, 5) is 23.3. The molecule has 138 valence electrons. The van der Waals surface area contributed by atoms with E-state index >= 15 is 0 Å². The van der Waals surface area contributed by atoms with Crippen LogP contribution < -0.4 is 15.4 Å². The molecule has 8 heteroatoms. The molecule has 0 atom stereocenters. The van der Waals surface area contributed by atoms with E-state index in [4.69, 9.17) is 9.47 Å². The summed E-state index contributed by atoms with van der Waals surface area (Å²) in [6.07, 6.45) is 0. The highest BCUT2D eigenvalue weighted by molar-refractivity contribution is 6.05. The van der Waals surface area contributed by atoms with Gasteiger partial charge < -0.3 is 20.1 Å². The van der Waals surface area contributed by atoms with Gasteiger partial charge in [0.15, 0.2) is 0 Å². The highest BCUT2D eigenvalue weighted by Crippen LogP contribution is 2.28. The van der Waals surface area contributed by atoms with Crippen LogP contribution in [0.25, 0.3) is 0 Å². The van der Waals surface area contributed by atoms with Crippen molar-refractivity contribution in [2.75, 3.05) is 38.0 Å². The van der Waals surface area contributed by atoms with Gasteiger partial charge in [-0.15, -0.1) is 0 Å². The van der Waals surface area contributed by atoms with Crippen LogP contribution in [0.15, 0.2) is 36.4 Å². The topological polar surface area (TPSA) is 103 Å². The molecule has 1 amide bonds. The fourth-order valence-corrected chi connectivity index (χ4v) is 2.38. The Kier molecular flexibility index (Phi) is 6.51. The van der Waals surface area contributed by atoms with Crippen molar-refractivity contribution >= 4 is 23.0 Å². The van der Waals surface area contributed by atoms with Gasteiger partial charge in [-0.1, -0.05) is 6.07 Å². The second-order valence-electron chi connectivity index (χ2n) is 5.57. The molecule has 0 aliphatic rings. The lowest BCUT2D eigenvalue weighted by Gasteiger charge is -2.12. The smallest absolute Gasteiger partial charge is 0.293 e. The SMILES string of the molecule is COCCNc1ccc(C(=O)Nc2cc(C)ccc2OC)cc1[N+](=O)[O-]. The van der Waals surface area contributed by atoms with Gasteiger partial charge in [-0.05, 0) is 36.8 Å². The van der Waals surface area contributed by atoms with Crippen LogP contribution in [-0.2, 0) is 4.74 Å². The van der Waals surface area contributed by atoms with Crippen molar-refractivity contribution in [2.45, 2.75) is 6.92 Å². The predicted octanol–water partition coefficient (Wildman–Crippen LogP) is 3.22. The van der Waals surface area contributed by atoms with Crippen LogP contribution in [0, 0.1) is 17.0 Å². The molecule has 2 rings (SSSR count). The summed E-state index contributed by atoms with van der Waals surface area (Å²) in [6, 6.07) is 9.66. The van der Waals surface area contributed by atoms with Crippen molar-refractivity contribution in [3.63, 3.8) is 0 Å². The molecular formula is C18H21N3O5. The summed E-state index contributed by atoms with van der Waals surface area (Å²) < 4.78 is 10.1. The molecule has 26 heavy (non-hydrogen) atoms. The van der Waals surface area contributed by atoms with Crippen molar-refractivity contribution in [3.8, 4) is 5.75 Å². The summed E-state index contributed by atoms with van der Waals surface area (Å²) in [5.74, 6) is 0.0525. The van der Waals surface area contributed by atoms with Crippen LogP contribution in [0.1, 0.15) is 15.9 Å². The monoisotopic (exact) mass is 359 g/mol. The fraction of sp³-hybridized carbons (Fsp3) is 0.278. The normalized spacial score (nSPS) is 10.3. The van der Waals surface area contributed by atoms with Gasteiger partial charge >= 0.3 is 0 Å². The first-order valence-corrected chi connectivity index (χ1v) is 7.93. The molecule has 2 aromatic carbocycles. The average molecular weight is 359 g/mol. The molecule has 0 saturated carbocycles. The number of aryl methyl sites for hydroxylation is 1. The van der Waals surface area contributed by atoms with Crippen molar-refractivity contribution in [1.82, 2.24) is 0 Å². The third kappa shape index (κ3) is 4.70. The molecule has 0 saturated heterocycles. The number of hydrogen-bond acceptors (Lipinski definition) is 6. The van der Waals surface area contributed by atoms with Crippen LogP contribution in [0.3, 0.4) is 0 Å². The molecule has 2 aromatic rings. The van der Waals surface area contributed by atoms with Crippen molar-refractivity contribution in [3.05, 3.63) is 57.6 Å². The highest BCUT2D eigenvalue weighted by atomic mass is 16.6. The Morgan fingerprint density at radius 2 is 1.92 bits per heavy atom. The summed E-state index contributed by atoms with van der Waals surface area (Å²) in [6.45, 7) is 2.72. The molecule has 0 heterocycles. The van der Waals surface area contributed by atoms with Crippen molar-refractivity contribution in [2.24, 2.45) is 0 Å². The maximum Gasteiger partial charge on any atom is 0.293 e. The predicted molar refractivity (Wildman–Crippen MR) is 99.1 cm³/mol. The minimum atomic E-state index is -0.529. The van der Waals surface area contributed by atoms with Crippen LogP contribution in [0.4, 0.5) is 17.1 Å². The third-order valence-electron chi connectivity index (χ3n) is 3.68. The Hall–Kier alpha value is -3.13. The van der Waals surface area contributed by atoms with Crippen LogP contribution in [-0.4, -0.2) is 38.2 Å². The Morgan fingerprint density at radius 1 is 1.15 bits per heavy atom. The Bertz CT molecular complexity index is 807. The molecule has 0 unspecified atom stereocenters. The van der Waals surface area contributed by atoms with E-state index in [1.807, 2.05) is 13.0 Å². The van der Waals surface area contributed by atoms with E-state index in [1.54, 1.807) is 19.2 Å². The summed E-state index contributed by atoms with van der Waals surface area (Å²) >= 11 is 0. The number of nitrogens with zero attached hydrogens (tertiary/aromatic N) is 1. The second kappa shape index (κ2) is 8.82. The summed E-state index contributed by atoms with van der Waals surface area (Å²) in [5, 5.41) is 17.0. The lowest BCUT2D eigenvalue weighted by atomic mass is 10.1. The van der Waals surface area contributed by atoms with E-state index in [0.717, 1.165) is 5.56 Å². The van der Waals surface area contributed by atoms with Gasteiger partial charge in [0.2, 0.25) is 0 Å². The molecule has 0 spiro atoms. The lowest BCUT2D eigenvalue weighted by molar-refractivity contribution is -0.384. The number of anilines is 2. The molecule has 8 nitrogen and oxygen atoms in total. The maximum atomic E-state index is 12.5. The second-order valence-corrected chi connectivity index (χ2v) is 5.57. The van der Waals surface area contributed by atoms with Gasteiger partial charge in [0.05, 0.1) is 24.3 Å². The standard InChI is InChI=1S/C18H21N3O5/c1-12-4-7-17(26-3)15(10-12)20-18(22)13-5-6-14(19-8-9-25-2)16(11-13)21(23)24/h4-7,10-11,19H,8-9H2,1-3H3,(H,20,22). The molecular weight excluding hydrogens is 338 g/mol. The number of methoxy groups -OCH3 is 2. The zero-order chi connectivity index (χ0) is 19.1. The number of nitro benzene ring substituents is 1. The number of ether oxygens (including phenoxy) is 2. The van der Waals surface area contributed by atoms with Gasteiger partial charge in [0.25, 0.3) is 11.6 Å². The molecule has 0 aromatic heterocycles. The van der Waals surface area contributed by atoms with E-state index in [2.05, 4.69) is 10.6 Å². The number of hydrogen-bond donors (Lipinski definition) is 2. The summed E-state index contributed by atoms with van der Waals surface area (Å²) in [7, 11) is 3.05. The van der Waals surface area contributed by atoms with E-state index in [-0.39, 0.29) is 11.3 Å². The van der Waals surface area contributed by atoms with Gasteiger partial charge in [0.1, 0.15) is 11.4 Å². The van der Waals surface area contributed by atoms with E-state index < -0.39 is 10.8 Å². The van der Waals surface area contributed by atoms with Gasteiger partial charge in [-0.2, -0.15) is 0 Å². The third-order valence-corrected chi connectivity index (χ3v) is 3.68. The molecule has 0 bridgehead atoms. The number of carbonyl (C=O) groups excluding carboxylic acids is 1. The minimum absolute atomic E-state index is 0.176. The van der Waals surface area contributed by atoms with Gasteiger partial charge in [0, 0.05) is 25.3 Å².